The van der Waals surface area contributed by atoms with Crippen molar-refractivity contribution in [2.75, 3.05) is 5.32 Å². The van der Waals surface area contributed by atoms with Crippen LogP contribution >= 0.6 is 11.8 Å². The molecule has 11 heteroatoms. The molecule has 4 aromatic carbocycles. The normalized spacial score (nSPS) is 16.9. The van der Waals surface area contributed by atoms with E-state index in [-0.39, 0.29) is 34.0 Å². The van der Waals surface area contributed by atoms with Crippen LogP contribution in [0.15, 0.2) is 107 Å². The number of nitrogens with zero attached hydrogens (tertiary/aromatic N) is 1. The van der Waals surface area contributed by atoms with Crippen LogP contribution < -0.4 is 10.0 Å². The van der Waals surface area contributed by atoms with Crippen LogP contribution in [-0.2, 0) is 10.0 Å². The first kappa shape index (κ1) is 29.3. The number of carbonyl (C=O) groups is 1. The van der Waals surface area contributed by atoms with Gasteiger partial charge in [0.05, 0.1) is 9.82 Å². The lowest BCUT2D eigenvalue weighted by Gasteiger charge is -2.32. The quantitative estimate of drug-likeness (QED) is 0.155. The number of amides is 1. The number of sulfonamides is 1. The van der Waals surface area contributed by atoms with Gasteiger partial charge in [-0.15, -0.1) is 11.8 Å². The second-order valence-electron chi connectivity index (χ2n) is 9.96. The van der Waals surface area contributed by atoms with Crippen molar-refractivity contribution in [2.45, 2.75) is 46.8 Å². The molecule has 1 amide bonds. The summed E-state index contributed by atoms with van der Waals surface area (Å²) in [6.45, 7) is 0. The molecule has 5 rings (SSSR count). The summed E-state index contributed by atoms with van der Waals surface area (Å²) >= 11 is 1.73. The third kappa shape index (κ3) is 6.97. The Morgan fingerprint density at radius 1 is 0.881 bits per heavy atom. The summed E-state index contributed by atoms with van der Waals surface area (Å²) < 4.78 is 41.3. The van der Waals surface area contributed by atoms with E-state index >= 15 is 0 Å². The van der Waals surface area contributed by atoms with E-state index in [1.54, 1.807) is 36.0 Å². The van der Waals surface area contributed by atoms with Gasteiger partial charge in [-0.3, -0.25) is 14.9 Å². The molecule has 0 unspecified atom stereocenters. The summed E-state index contributed by atoms with van der Waals surface area (Å²) in [4.78, 5) is 24.9. The maximum atomic E-state index is 13.2. The zero-order chi connectivity index (χ0) is 29.7. The molecule has 4 aromatic rings. The molecule has 1 saturated carbocycles. The van der Waals surface area contributed by atoms with Crippen LogP contribution in [0.4, 0.5) is 15.8 Å². The van der Waals surface area contributed by atoms with E-state index in [1.165, 1.54) is 36.4 Å². The standard InChI is InChI=1S/C31H28FN3O5S2/c32-24-16-14-22(15-17-24)21-10-12-23(13-11-21)31(36)34-42(39,40)26-18-19-27(29(20-26)35(37)38)33-28-8-4-5-9-30(28)41-25-6-2-1-3-7-25/h1-3,6-7,10-20,28,30,33H,4-5,8-9H2,(H,34,36)/t28-,30-/m0/s1. The van der Waals surface area contributed by atoms with Crippen LogP contribution in [0.2, 0.25) is 0 Å². The van der Waals surface area contributed by atoms with Crippen molar-refractivity contribution in [2.24, 2.45) is 0 Å². The predicted octanol–water partition coefficient (Wildman–Crippen LogP) is 7.04. The Hall–Kier alpha value is -4.22. The number of nitro benzene ring substituents is 1. The van der Waals surface area contributed by atoms with Gasteiger partial charge < -0.3 is 5.32 Å². The predicted molar refractivity (Wildman–Crippen MR) is 162 cm³/mol. The Morgan fingerprint density at radius 3 is 2.19 bits per heavy atom. The zero-order valence-corrected chi connectivity index (χ0v) is 24.0. The summed E-state index contributed by atoms with van der Waals surface area (Å²) in [6, 6.07) is 25.5. The van der Waals surface area contributed by atoms with Crippen LogP contribution in [0, 0.1) is 15.9 Å². The first-order chi connectivity index (χ1) is 20.2. The van der Waals surface area contributed by atoms with Gasteiger partial charge in [-0.25, -0.2) is 17.5 Å². The lowest BCUT2D eigenvalue weighted by molar-refractivity contribution is -0.384. The minimum atomic E-state index is -4.41. The van der Waals surface area contributed by atoms with Gasteiger partial charge in [-0.05, 0) is 72.5 Å². The van der Waals surface area contributed by atoms with Gasteiger partial charge in [-0.1, -0.05) is 55.3 Å². The third-order valence-electron chi connectivity index (χ3n) is 7.10. The largest absolute Gasteiger partial charge is 0.376 e. The molecular weight excluding hydrogens is 577 g/mol. The molecule has 0 aromatic heterocycles. The number of halogens is 1. The number of nitrogens with one attached hydrogen (secondary N) is 2. The second-order valence-corrected chi connectivity index (χ2v) is 13.0. The number of anilines is 1. The van der Waals surface area contributed by atoms with Crippen LogP contribution in [0.5, 0.6) is 0 Å². The average Bonchev–Trinajstić information content (AvgIpc) is 2.99. The molecule has 2 atom stereocenters. The summed E-state index contributed by atoms with van der Waals surface area (Å²) in [5.41, 5.74) is 1.37. The molecule has 0 aliphatic heterocycles. The molecule has 0 radical (unpaired) electrons. The van der Waals surface area contributed by atoms with Crippen molar-refractivity contribution in [3.63, 3.8) is 0 Å². The minimum Gasteiger partial charge on any atom is -0.376 e. The fourth-order valence-electron chi connectivity index (χ4n) is 4.92. The maximum absolute atomic E-state index is 13.2. The minimum absolute atomic E-state index is 0.0392. The lowest BCUT2D eigenvalue weighted by atomic mass is 9.94. The van der Waals surface area contributed by atoms with Gasteiger partial charge in [0.25, 0.3) is 21.6 Å². The van der Waals surface area contributed by atoms with E-state index in [9.17, 15) is 27.7 Å². The Balaban J connectivity index is 1.31. The zero-order valence-electron chi connectivity index (χ0n) is 22.4. The van der Waals surface area contributed by atoms with E-state index < -0.39 is 25.7 Å². The molecule has 1 aliphatic rings. The van der Waals surface area contributed by atoms with Crippen LogP contribution in [0.3, 0.4) is 0 Å². The molecular formula is C31H28FN3O5S2. The summed E-state index contributed by atoms with van der Waals surface area (Å²) in [5.74, 6) is -1.25. The highest BCUT2D eigenvalue weighted by Gasteiger charge is 2.29. The number of hydrogen-bond donors (Lipinski definition) is 2. The molecule has 0 spiro atoms. The van der Waals surface area contributed by atoms with Crippen molar-refractivity contribution in [3.8, 4) is 11.1 Å². The first-order valence-corrected chi connectivity index (χ1v) is 15.8. The van der Waals surface area contributed by atoms with Crippen LogP contribution in [0.1, 0.15) is 36.0 Å². The van der Waals surface area contributed by atoms with Crippen molar-refractivity contribution < 1.29 is 22.5 Å². The number of benzene rings is 4. The molecule has 2 N–H and O–H groups in total. The number of hydrogen-bond acceptors (Lipinski definition) is 7. The van der Waals surface area contributed by atoms with E-state index in [0.29, 0.717) is 0 Å². The fraction of sp³-hybridized carbons (Fsp3) is 0.194. The number of rotatable bonds is 9. The van der Waals surface area contributed by atoms with Crippen LogP contribution in [0.25, 0.3) is 11.1 Å². The van der Waals surface area contributed by atoms with Gasteiger partial charge in [0, 0.05) is 27.8 Å². The maximum Gasteiger partial charge on any atom is 0.293 e. The van der Waals surface area contributed by atoms with Crippen molar-refractivity contribution in [1.29, 1.82) is 0 Å². The topological polar surface area (TPSA) is 118 Å². The molecule has 42 heavy (non-hydrogen) atoms. The lowest BCUT2D eigenvalue weighted by Crippen LogP contribution is -2.34. The second kappa shape index (κ2) is 12.7. The van der Waals surface area contributed by atoms with Crippen LogP contribution in [-0.4, -0.2) is 30.5 Å². The molecule has 0 saturated heterocycles. The fourth-order valence-corrected chi connectivity index (χ4v) is 7.24. The Labute approximate surface area is 247 Å². The summed E-state index contributed by atoms with van der Waals surface area (Å²) in [6.07, 6.45) is 3.84. The Kier molecular flexibility index (Phi) is 8.89. The molecule has 8 nitrogen and oxygen atoms in total. The first-order valence-electron chi connectivity index (χ1n) is 13.4. The van der Waals surface area contributed by atoms with Crippen molar-refractivity contribution >= 4 is 39.1 Å². The van der Waals surface area contributed by atoms with Gasteiger partial charge in [0.15, 0.2) is 0 Å². The highest BCUT2D eigenvalue weighted by molar-refractivity contribution is 8.00. The summed E-state index contributed by atoms with van der Waals surface area (Å²) in [5, 5.41) is 15.5. The number of nitro groups is 1. The Bertz CT molecular complexity index is 1680. The van der Waals surface area contributed by atoms with Gasteiger partial charge in [0.1, 0.15) is 11.5 Å². The number of carbonyl (C=O) groups excluding carboxylic acids is 1. The molecule has 216 valence electrons. The molecule has 0 heterocycles. The Morgan fingerprint density at radius 2 is 1.52 bits per heavy atom. The van der Waals surface area contributed by atoms with Gasteiger partial charge in [0.2, 0.25) is 0 Å². The van der Waals surface area contributed by atoms with E-state index in [4.69, 9.17) is 0 Å². The molecule has 0 bridgehead atoms. The van der Waals surface area contributed by atoms with Gasteiger partial charge in [-0.2, -0.15) is 0 Å². The molecule has 1 fully saturated rings. The third-order valence-corrected chi connectivity index (χ3v) is 9.84. The number of thioether (sulfide) groups is 1. The van der Waals surface area contributed by atoms with E-state index in [1.807, 2.05) is 35.1 Å². The van der Waals surface area contributed by atoms with E-state index in [2.05, 4.69) is 5.32 Å². The average molecular weight is 606 g/mol. The highest BCUT2D eigenvalue weighted by atomic mass is 32.2. The highest BCUT2D eigenvalue weighted by Crippen LogP contribution is 2.37. The van der Waals surface area contributed by atoms with E-state index in [0.717, 1.165) is 47.8 Å². The molecule has 1 aliphatic carbocycles. The van der Waals surface area contributed by atoms with Crippen molar-refractivity contribution in [1.82, 2.24) is 4.72 Å². The smallest absolute Gasteiger partial charge is 0.293 e. The summed E-state index contributed by atoms with van der Waals surface area (Å²) in [7, 11) is -4.41. The van der Waals surface area contributed by atoms with Gasteiger partial charge >= 0.3 is 0 Å². The van der Waals surface area contributed by atoms with Crippen molar-refractivity contribution in [3.05, 3.63) is 119 Å². The monoisotopic (exact) mass is 605 g/mol. The SMILES string of the molecule is O=C(NS(=O)(=O)c1ccc(N[C@H]2CCCC[C@@H]2Sc2ccccc2)c([N+](=O)[O-])c1)c1ccc(-c2ccc(F)cc2)cc1.